The van der Waals surface area contributed by atoms with Crippen molar-refractivity contribution in [1.82, 2.24) is 36.5 Å². The van der Waals surface area contributed by atoms with Gasteiger partial charge in [0.25, 0.3) is 11.8 Å². The van der Waals surface area contributed by atoms with Gasteiger partial charge in [0.15, 0.2) is 17.6 Å². The standard InChI is InChI=1S/C28H35N9O4/c1-14-11-15(7-9-31-14)23(39)32-12-18-21-28(36-25(29)35-21)22(38)19(13-37(28)26(30)34-18)33-24(40)16-5-4-6-17-20(16)41-10-8-27(17,2)3/h4-7,9,11,18-19,21-22,38H,8,10,12-13H2,1-3H3,(H2,30,34)(H,32,39)(H,33,40)(H3,29,35,36)/t18-,19?,21-,22+,28-/m0/s1. The van der Waals surface area contributed by atoms with Gasteiger partial charge in [-0.15, -0.1) is 0 Å². The quantitative estimate of drug-likeness (QED) is 0.244. The van der Waals surface area contributed by atoms with Crippen LogP contribution in [0.15, 0.2) is 36.5 Å². The average molecular weight is 562 g/mol. The number of fused-ring (bicyclic) bond motifs is 1. The summed E-state index contributed by atoms with van der Waals surface area (Å²) in [6, 6.07) is 6.93. The summed E-state index contributed by atoms with van der Waals surface area (Å²) in [5.41, 5.74) is 1.12. The molecule has 2 aromatic rings. The summed E-state index contributed by atoms with van der Waals surface area (Å²) in [6.45, 7) is 6.81. The number of carbonyl (C=O) groups is 2. The third-order valence-electron chi connectivity index (χ3n) is 8.67. The molecule has 5 atom stereocenters. The number of aliphatic hydroxyl groups excluding tert-OH is 1. The maximum Gasteiger partial charge on any atom is 0.255 e. The lowest BCUT2D eigenvalue weighted by Crippen LogP contribution is -2.78. The first kappa shape index (κ1) is 26.8. The van der Waals surface area contributed by atoms with Gasteiger partial charge in [-0.3, -0.25) is 25.4 Å². The van der Waals surface area contributed by atoms with E-state index in [0.29, 0.717) is 29.2 Å². The SMILES string of the molecule is Cc1cc(C(=O)NC[C@@H]2NC(=N)N3CC(NC(=O)c4cccc5c4OCCC5(C)C)[C@@H](O)[C@@]34NC(=N)N[C@@H]24)ccn1. The molecule has 4 aliphatic heterocycles. The molecule has 1 aromatic heterocycles. The van der Waals surface area contributed by atoms with Crippen LogP contribution in [0.3, 0.4) is 0 Å². The Morgan fingerprint density at radius 3 is 2.80 bits per heavy atom. The van der Waals surface area contributed by atoms with Crippen molar-refractivity contribution < 1.29 is 19.4 Å². The van der Waals surface area contributed by atoms with E-state index in [2.05, 4.69) is 45.4 Å². The number of aliphatic hydroxyl groups is 1. The molecule has 8 N–H and O–H groups in total. The lowest BCUT2D eigenvalue weighted by Gasteiger charge is -2.49. The summed E-state index contributed by atoms with van der Waals surface area (Å²) in [7, 11) is 0. The molecule has 13 heteroatoms. The number of nitrogens with zero attached hydrogens (tertiary/aromatic N) is 2. The maximum atomic E-state index is 13.6. The Kier molecular flexibility index (Phi) is 6.29. The van der Waals surface area contributed by atoms with Gasteiger partial charge < -0.3 is 41.3 Å². The highest BCUT2D eigenvalue weighted by Crippen LogP contribution is 2.41. The van der Waals surface area contributed by atoms with E-state index in [9.17, 15) is 14.7 Å². The van der Waals surface area contributed by atoms with E-state index in [0.717, 1.165) is 12.0 Å². The van der Waals surface area contributed by atoms with Crippen molar-refractivity contribution in [2.45, 2.75) is 62.5 Å². The Balaban J connectivity index is 1.22. The van der Waals surface area contributed by atoms with E-state index in [4.69, 9.17) is 15.6 Å². The van der Waals surface area contributed by atoms with E-state index in [1.54, 1.807) is 36.2 Å². The third-order valence-corrected chi connectivity index (χ3v) is 8.67. The highest BCUT2D eigenvalue weighted by atomic mass is 16.5. The summed E-state index contributed by atoms with van der Waals surface area (Å²) in [5.74, 6) is -0.124. The Morgan fingerprint density at radius 1 is 1.22 bits per heavy atom. The Bertz CT molecular complexity index is 1450. The number of hydrogen-bond acceptors (Lipinski definition) is 7. The number of para-hydroxylation sites is 1. The van der Waals surface area contributed by atoms with Crippen LogP contribution in [0.1, 0.15) is 52.2 Å². The normalized spacial score (nSPS) is 29.1. The molecular formula is C28H35N9O4. The van der Waals surface area contributed by atoms with E-state index in [1.165, 1.54) is 0 Å². The van der Waals surface area contributed by atoms with E-state index in [1.807, 2.05) is 12.1 Å². The van der Waals surface area contributed by atoms with Crippen LogP contribution in [-0.4, -0.2) is 88.3 Å². The number of aryl methyl sites for hydroxylation is 1. The summed E-state index contributed by atoms with van der Waals surface area (Å²) >= 11 is 0. The summed E-state index contributed by atoms with van der Waals surface area (Å²) in [6.07, 6.45) is 1.22. The summed E-state index contributed by atoms with van der Waals surface area (Å²) in [5, 5.41) is 43.8. The number of carbonyl (C=O) groups excluding carboxylic acids is 2. The van der Waals surface area contributed by atoms with E-state index >= 15 is 0 Å². The first-order chi connectivity index (χ1) is 19.5. The van der Waals surface area contributed by atoms with E-state index in [-0.39, 0.29) is 42.2 Å². The zero-order chi connectivity index (χ0) is 29.1. The van der Waals surface area contributed by atoms with Gasteiger partial charge in [-0.2, -0.15) is 0 Å². The van der Waals surface area contributed by atoms with Crippen LogP contribution in [0.2, 0.25) is 0 Å². The zero-order valence-electron chi connectivity index (χ0n) is 23.2. The largest absolute Gasteiger partial charge is 0.492 e. The summed E-state index contributed by atoms with van der Waals surface area (Å²) < 4.78 is 5.93. The van der Waals surface area contributed by atoms with Crippen LogP contribution in [0.4, 0.5) is 0 Å². The minimum Gasteiger partial charge on any atom is -0.492 e. The molecule has 0 bridgehead atoms. The van der Waals surface area contributed by atoms with Crippen LogP contribution in [0.25, 0.3) is 0 Å². The van der Waals surface area contributed by atoms with Gasteiger partial charge in [-0.25, -0.2) is 0 Å². The molecule has 0 radical (unpaired) electrons. The first-order valence-corrected chi connectivity index (χ1v) is 13.7. The number of benzene rings is 1. The molecule has 1 spiro atoms. The van der Waals surface area contributed by atoms with Gasteiger partial charge in [-0.1, -0.05) is 26.0 Å². The maximum absolute atomic E-state index is 13.6. The zero-order valence-corrected chi connectivity index (χ0v) is 23.2. The van der Waals surface area contributed by atoms with Gasteiger partial charge in [-0.05, 0) is 37.0 Å². The van der Waals surface area contributed by atoms with Crippen molar-refractivity contribution in [2.24, 2.45) is 0 Å². The smallest absolute Gasteiger partial charge is 0.255 e. The molecular weight excluding hydrogens is 526 g/mol. The highest BCUT2D eigenvalue weighted by molar-refractivity contribution is 5.98. The number of ether oxygens (including phenoxy) is 1. The fraction of sp³-hybridized carbons (Fsp3) is 0.464. The molecule has 2 amide bonds. The predicted molar refractivity (Wildman–Crippen MR) is 150 cm³/mol. The Morgan fingerprint density at radius 2 is 2.02 bits per heavy atom. The molecule has 41 heavy (non-hydrogen) atoms. The second-order valence-corrected chi connectivity index (χ2v) is 11.7. The molecule has 0 aliphatic carbocycles. The molecule has 4 aliphatic rings. The number of guanidine groups is 2. The third kappa shape index (κ3) is 4.31. The Labute approximate surface area is 237 Å². The predicted octanol–water partition coefficient (Wildman–Crippen LogP) is -0.246. The van der Waals surface area contributed by atoms with Crippen molar-refractivity contribution in [3.05, 3.63) is 58.9 Å². The monoisotopic (exact) mass is 561 g/mol. The van der Waals surface area contributed by atoms with Crippen molar-refractivity contribution in [3.63, 3.8) is 0 Å². The number of pyridine rings is 1. The average Bonchev–Trinajstić information content (AvgIpc) is 3.43. The van der Waals surface area contributed by atoms with Crippen molar-refractivity contribution in [3.8, 4) is 5.75 Å². The number of amides is 2. The first-order valence-electron chi connectivity index (χ1n) is 13.7. The van der Waals surface area contributed by atoms with Crippen LogP contribution >= 0.6 is 0 Å². The van der Waals surface area contributed by atoms with Gasteiger partial charge >= 0.3 is 0 Å². The molecule has 5 heterocycles. The topological polar surface area (TPSA) is 188 Å². The molecule has 1 aromatic carbocycles. The fourth-order valence-corrected chi connectivity index (χ4v) is 6.49. The lowest BCUT2D eigenvalue weighted by atomic mass is 9.79. The number of aromatic nitrogens is 1. The molecule has 1 unspecified atom stereocenters. The minimum absolute atomic E-state index is 0.0160. The fourth-order valence-electron chi connectivity index (χ4n) is 6.49. The number of rotatable bonds is 5. The molecule has 3 saturated heterocycles. The molecule has 216 valence electrons. The van der Waals surface area contributed by atoms with Crippen LogP contribution < -0.4 is 31.3 Å². The second-order valence-electron chi connectivity index (χ2n) is 11.7. The van der Waals surface area contributed by atoms with Crippen molar-refractivity contribution in [1.29, 1.82) is 10.8 Å². The molecule has 0 saturated carbocycles. The van der Waals surface area contributed by atoms with E-state index < -0.39 is 29.9 Å². The molecule has 13 nitrogen and oxygen atoms in total. The number of nitrogens with one attached hydrogen (secondary N) is 7. The van der Waals surface area contributed by atoms with Gasteiger partial charge in [0.1, 0.15) is 11.9 Å². The van der Waals surface area contributed by atoms with Crippen LogP contribution in [0, 0.1) is 17.7 Å². The second kappa shape index (κ2) is 9.61. The van der Waals surface area contributed by atoms with Crippen molar-refractivity contribution in [2.75, 3.05) is 19.7 Å². The lowest BCUT2D eigenvalue weighted by molar-refractivity contribution is 0.00611. The Hall–Kier alpha value is -4.39. The van der Waals surface area contributed by atoms with Crippen LogP contribution in [0.5, 0.6) is 5.75 Å². The minimum atomic E-state index is -1.28. The summed E-state index contributed by atoms with van der Waals surface area (Å²) in [4.78, 5) is 32.1. The molecule has 6 rings (SSSR count). The van der Waals surface area contributed by atoms with Gasteiger partial charge in [0, 0.05) is 36.1 Å². The van der Waals surface area contributed by atoms with Gasteiger partial charge in [0.2, 0.25) is 0 Å². The number of hydrogen-bond donors (Lipinski definition) is 8. The molecule has 3 fully saturated rings. The highest BCUT2D eigenvalue weighted by Gasteiger charge is 2.66. The van der Waals surface area contributed by atoms with Crippen molar-refractivity contribution >= 4 is 23.7 Å². The van der Waals surface area contributed by atoms with Crippen LogP contribution in [-0.2, 0) is 5.41 Å². The van der Waals surface area contributed by atoms with Gasteiger partial charge in [0.05, 0.1) is 30.3 Å².